The summed E-state index contributed by atoms with van der Waals surface area (Å²) < 4.78 is 18.2. The molecule has 0 radical (unpaired) electrons. The van der Waals surface area contributed by atoms with Gasteiger partial charge in [0.15, 0.2) is 18.1 Å². The van der Waals surface area contributed by atoms with Gasteiger partial charge in [-0.3, -0.25) is 18.7 Å². The van der Waals surface area contributed by atoms with Gasteiger partial charge in [0.05, 0.1) is 30.3 Å². The molecule has 10 nitrogen and oxygen atoms in total. The van der Waals surface area contributed by atoms with Crippen molar-refractivity contribution in [3.8, 4) is 11.5 Å². The molecule has 0 spiro atoms. The number of hydrogen-bond acceptors (Lipinski definition) is 8. The van der Waals surface area contributed by atoms with E-state index in [1.807, 2.05) is 13.0 Å². The molecule has 1 aromatic heterocycles. The van der Waals surface area contributed by atoms with Crippen LogP contribution in [0.4, 0.5) is 5.82 Å². The van der Waals surface area contributed by atoms with Gasteiger partial charge >= 0.3 is 11.7 Å². The molecule has 2 aromatic carbocycles. The van der Waals surface area contributed by atoms with Gasteiger partial charge < -0.3 is 19.9 Å². The van der Waals surface area contributed by atoms with E-state index in [9.17, 15) is 19.2 Å². The van der Waals surface area contributed by atoms with E-state index in [2.05, 4.69) is 0 Å². The fourth-order valence-electron chi connectivity index (χ4n) is 3.54. The molecule has 0 bridgehead atoms. The van der Waals surface area contributed by atoms with E-state index in [0.717, 1.165) is 21.1 Å². The molecule has 3 rings (SSSR count). The Morgan fingerprint density at radius 2 is 1.76 bits per heavy atom. The lowest BCUT2D eigenvalue weighted by molar-refractivity contribution is 0.0473. The van der Waals surface area contributed by atoms with Gasteiger partial charge in [-0.25, -0.2) is 9.59 Å². The molecule has 1 heterocycles. The SMILES string of the molecule is CCCOc1c(Cl)cc(C(=O)OCC(=O)c2c(N)n(Cc3ccccc3)c(=O)n(C)c2=O)cc1OCC. The second-order valence-corrected chi connectivity index (χ2v) is 8.45. The second kappa shape index (κ2) is 12.3. The molecule has 2 N–H and O–H groups in total. The largest absolute Gasteiger partial charge is 0.490 e. The van der Waals surface area contributed by atoms with Gasteiger partial charge in [-0.1, -0.05) is 48.9 Å². The van der Waals surface area contributed by atoms with Crippen LogP contribution in [0, 0.1) is 0 Å². The summed E-state index contributed by atoms with van der Waals surface area (Å²) in [4.78, 5) is 51.0. The van der Waals surface area contributed by atoms with E-state index in [1.54, 1.807) is 31.2 Å². The summed E-state index contributed by atoms with van der Waals surface area (Å²) in [5, 5.41) is 0.142. The second-order valence-electron chi connectivity index (χ2n) is 8.04. The maximum absolute atomic E-state index is 12.9. The minimum absolute atomic E-state index is 0.0278. The molecule has 37 heavy (non-hydrogen) atoms. The van der Waals surface area contributed by atoms with Crippen LogP contribution in [-0.4, -0.2) is 40.7 Å². The number of nitrogens with zero attached hydrogens (tertiary/aromatic N) is 2. The molecule has 0 fully saturated rings. The summed E-state index contributed by atoms with van der Waals surface area (Å²) in [6.07, 6.45) is 0.745. The van der Waals surface area contributed by atoms with E-state index < -0.39 is 35.2 Å². The molecule has 0 aliphatic carbocycles. The van der Waals surface area contributed by atoms with Crippen LogP contribution >= 0.6 is 11.6 Å². The van der Waals surface area contributed by atoms with Gasteiger partial charge in [0.25, 0.3) is 5.56 Å². The van der Waals surface area contributed by atoms with Crippen LogP contribution < -0.4 is 26.5 Å². The zero-order chi connectivity index (χ0) is 27.1. The number of Topliss-reactive ketones (excluding diaryl/α,β-unsaturated/α-hetero) is 1. The fraction of sp³-hybridized carbons (Fsp3) is 0.308. The highest BCUT2D eigenvalue weighted by atomic mass is 35.5. The van der Waals surface area contributed by atoms with Crippen LogP contribution in [0.1, 0.15) is 46.5 Å². The molecule has 0 saturated carbocycles. The first-order valence-electron chi connectivity index (χ1n) is 11.6. The molecule has 0 atom stereocenters. The number of halogens is 1. The lowest BCUT2D eigenvalue weighted by Crippen LogP contribution is -2.43. The Bertz CT molecular complexity index is 1410. The van der Waals surface area contributed by atoms with Crippen LogP contribution in [0.2, 0.25) is 5.02 Å². The smallest absolute Gasteiger partial charge is 0.338 e. The van der Waals surface area contributed by atoms with Gasteiger partial charge in [0.1, 0.15) is 11.4 Å². The van der Waals surface area contributed by atoms with Crippen LogP contribution in [-0.2, 0) is 18.3 Å². The van der Waals surface area contributed by atoms with E-state index in [1.165, 1.54) is 19.2 Å². The Labute approximate surface area is 218 Å². The van der Waals surface area contributed by atoms with Gasteiger partial charge in [0, 0.05) is 7.05 Å². The van der Waals surface area contributed by atoms with Gasteiger partial charge in [0.2, 0.25) is 5.78 Å². The summed E-state index contributed by atoms with van der Waals surface area (Å²) in [5.74, 6) is -1.47. The Morgan fingerprint density at radius 1 is 1.05 bits per heavy atom. The predicted molar refractivity (Wildman–Crippen MR) is 139 cm³/mol. The number of ketones is 1. The van der Waals surface area contributed by atoms with Crippen molar-refractivity contribution in [3.05, 3.63) is 85.0 Å². The molecular formula is C26H28ClN3O7. The third-order valence-electron chi connectivity index (χ3n) is 5.38. The van der Waals surface area contributed by atoms with Crippen molar-refractivity contribution < 1.29 is 23.8 Å². The van der Waals surface area contributed by atoms with E-state index in [-0.39, 0.29) is 28.7 Å². The Balaban J connectivity index is 1.85. The summed E-state index contributed by atoms with van der Waals surface area (Å²) in [5.41, 5.74) is 4.86. The third-order valence-corrected chi connectivity index (χ3v) is 5.66. The normalized spacial score (nSPS) is 10.7. The molecular weight excluding hydrogens is 502 g/mol. The average molecular weight is 530 g/mol. The minimum Gasteiger partial charge on any atom is -0.490 e. The molecule has 0 aliphatic rings. The first-order valence-corrected chi connectivity index (χ1v) is 12.0. The molecule has 0 aliphatic heterocycles. The number of nitrogen functional groups attached to an aromatic ring is 1. The lowest BCUT2D eigenvalue weighted by atomic mass is 10.1. The Morgan fingerprint density at radius 3 is 2.41 bits per heavy atom. The molecule has 0 saturated heterocycles. The van der Waals surface area contributed by atoms with Crippen molar-refractivity contribution in [2.45, 2.75) is 26.8 Å². The number of benzene rings is 2. The minimum atomic E-state index is -0.882. The number of carbonyl (C=O) groups excluding carboxylic acids is 2. The Kier molecular flexibility index (Phi) is 9.13. The Hall–Kier alpha value is -4.05. The number of carbonyl (C=O) groups is 2. The fourth-order valence-corrected chi connectivity index (χ4v) is 3.81. The molecule has 11 heteroatoms. The van der Waals surface area contributed by atoms with Crippen LogP contribution in [0.25, 0.3) is 0 Å². The summed E-state index contributed by atoms with van der Waals surface area (Å²) in [6.45, 7) is 3.68. The van der Waals surface area contributed by atoms with Gasteiger partial charge in [-0.2, -0.15) is 0 Å². The summed E-state index contributed by atoms with van der Waals surface area (Å²) >= 11 is 6.29. The summed E-state index contributed by atoms with van der Waals surface area (Å²) in [6, 6.07) is 11.7. The van der Waals surface area contributed by atoms with E-state index in [0.29, 0.717) is 19.0 Å². The van der Waals surface area contributed by atoms with Crippen LogP contribution in [0.5, 0.6) is 11.5 Å². The van der Waals surface area contributed by atoms with Crippen molar-refractivity contribution in [3.63, 3.8) is 0 Å². The first kappa shape index (κ1) is 27.5. The monoisotopic (exact) mass is 529 g/mol. The maximum Gasteiger partial charge on any atom is 0.338 e. The molecule has 0 amide bonds. The number of ether oxygens (including phenoxy) is 3. The zero-order valence-corrected chi connectivity index (χ0v) is 21.5. The number of anilines is 1. The van der Waals surface area contributed by atoms with Crippen LogP contribution in [0.3, 0.4) is 0 Å². The van der Waals surface area contributed by atoms with E-state index in [4.69, 9.17) is 31.5 Å². The molecule has 0 unspecified atom stereocenters. The van der Waals surface area contributed by atoms with Gasteiger partial charge in [-0.05, 0) is 31.0 Å². The van der Waals surface area contributed by atoms with E-state index >= 15 is 0 Å². The van der Waals surface area contributed by atoms with Crippen molar-refractivity contribution >= 4 is 29.2 Å². The molecule has 3 aromatic rings. The van der Waals surface area contributed by atoms with Crippen molar-refractivity contribution in [2.75, 3.05) is 25.6 Å². The van der Waals surface area contributed by atoms with Crippen molar-refractivity contribution in [1.82, 2.24) is 9.13 Å². The number of rotatable bonds is 11. The number of nitrogens with two attached hydrogens (primary N) is 1. The quantitative estimate of drug-likeness (QED) is 0.296. The zero-order valence-electron chi connectivity index (χ0n) is 20.8. The topological polar surface area (TPSA) is 132 Å². The number of esters is 1. The summed E-state index contributed by atoms with van der Waals surface area (Å²) in [7, 11) is 1.24. The number of hydrogen-bond donors (Lipinski definition) is 1. The maximum atomic E-state index is 12.9. The van der Waals surface area contributed by atoms with Crippen LogP contribution in [0.15, 0.2) is 52.1 Å². The van der Waals surface area contributed by atoms with Gasteiger partial charge in [-0.15, -0.1) is 0 Å². The standard InChI is InChI=1S/C26H28ClN3O7/c1-4-11-36-22-18(27)12-17(13-20(22)35-5-2)25(33)37-15-19(31)21-23(28)30(26(34)29(3)24(21)32)14-16-9-7-6-8-10-16/h6-10,12-13H,4-5,11,14-15,28H2,1-3H3. The van der Waals surface area contributed by atoms with Crippen molar-refractivity contribution in [2.24, 2.45) is 7.05 Å². The number of aromatic nitrogens is 2. The average Bonchev–Trinajstić information content (AvgIpc) is 2.88. The lowest BCUT2D eigenvalue weighted by Gasteiger charge is -2.15. The third kappa shape index (κ3) is 6.21. The highest BCUT2D eigenvalue weighted by Crippen LogP contribution is 2.37. The highest BCUT2D eigenvalue weighted by Gasteiger charge is 2.24. The predicted octanol–water partition coefficient (Wildman–Crippen LogP) is 3.06. The van der Waals surface area contributed by atoms with Crippen molar-refractivity contribution in [1.29, 1.82) is 0 Å². The highest BCUT2D eigenvalue weighted by molar-refractivity contribution is 6.32. The first-order chi connectivity index (χ1) is 17.7. The molecule has 196 valence electrons.